The van der Waals surface area contributed by atoms with Crippen LogP contribution in [0.25, 0.3) is 0 Å². The fourth-order valence-electron chi connectivity index (χ4n) is 2.76. The van der Waals surface area contributed by atoms with E-state index in [1.54, 1.807) is 26.8 Å². The van der Waals surface area contributed by atoms with Gasteiger partial charge in [0.25, 0.3) is 0 Å². The molecule has 0 bridgehead atoms. The lowest BCUT2D eigenvalue weighted by molar-refractivity contribution is -0.137. The van der Waals surface area contributed by atoms with E-state index in [0.29, 0.717) is 18.5 Å². The number of benzene rings is 1. The van der Waals surface area contributed by atoms with Crippen molar-refractivity contribution >= 4 is 6.09 Å². The van der Waals surface area contributed by atoms with Crippen molar-refractivity contribution in [2.75, 3.05) is 13.1 Å². The molecule has 0 aliphatic carbocycles. The molecule has 1 aromatic carbocycles. The van der Waals surface area contributed by atoms with Gasteiger partial charge in [-0.15, -0.1) is 0 Å². The first-order valence-electron chi connectivity index (χ1n) is 7.80. The first-order valence-corrected chi connectivity index (χ1v) is 7.80. The number of aliphatic hydroxyl groups excluding tert-OH is 1. The maximum atomic E-state index is 12.8. The Bertz CT molecular complexity index is 595. The number of nitrogens with zero attached hydrogens (tertiary/aromatic N) is 1. The summed E-state index contributed by atoms with van der Waals surface area (Å²) in [6.07, 6.45) is -5.50. The van der Waals surface area contributed by atoms with Crippen molar-refractivity contribution in [1.82, 2.24) is 4.90 Å². The molecule has 134 valence electrons. The highest BCUT2D eigenvalue weighted by Gasteiger charge is 2.35. The average molecular weight is 345 g/mol. The van der Waals surface area contributed by atoms with E-state index < -0.39 is 35.5 Å². The minimum Gasteiger partial charge on any atom is -0.444 e. The highest BCUT2D eigenvalue weighted by atomic mass is 19.4. The number of carbonyl (C=O) groups excluding carboxylic acids is 1. The number of amides is 1. The Morgan fingerprint density at radius 3 is 2.50 bits per heavy atom. The molecule has 2 rings (SSSR count). The number of hydrogen-bond acceptors (Lipinski definition) is 3. The summed E-state index contributed by atoms with van der Waals surface area (Å²) in [6.45, 7) is 5.60. The Morgan fingerprint density at radius 1 is 1.29 bits per heavy atom. The minimum absolute atomic E-state index is 0.0375. The topological polar surface area (TPSA) is 49.8 Å². The molecule has 24 heavy (non-hydrogen) atoms. The quantitative estimate of drug-likeness (QED) is 0.842. The highest BCUT2D eigenvalue weighted by Crippen LogP contribution is 2.34. The molecule has 0 saturated carbocycles. The van der Waals surface area contributed by atoms with Crippen LogP contribution in [0.15, 0.2) is 24.3 Å². The van der Waals surface area contributed by atoms with Crippen LogP contribution in [-0.4, -0.2) is 40.9 Å². The van der Waals surface area contributed by atoms with Gasteiger partial charge in [0.1, 0.15) is 5.60 Å². The van der Waals surface area contributed by atoms with E-state index in [1.165, 1.54) is 11.0 Å². The highest BCUT2D eigenvalue weighted by molar-refractivity contribution is 5.68. The fraction of sp³-hybridized carbons (Fsp3) is 0.588. The summed E-state index contributed by atoms with van der Waals surface area (Å²) in [5.41, 5.74) is -0.942. The number of rotatable bonds is 1. The molecule has 2 atom stereocenters. The van der Waals surface area contributed by atoms with Gasteiger partial charge in [0.15, 0.2) is 0 Å². The molecule has 0 unspecified atom stereocenters. The lowest BCUT2D eigenvalue weighted by atomic mass is 9.86. The summed E-state index contributed by atoms with van der Waals surface area (Å²) in [5, 5.41) is 10.3. The van der Waals surface area contributed by atoms with Gasteiger partial charge in [-0.2, -0.15) is 13.2 Å². The number of carbonyl (C=O) groups is 1. The second-order valence-corrected chi connectivity index (χ2v) is 7.01. The van der Waals surface area contributed by atoms with Crippen LogP contribution in [0.4, 0.5) is 18.0 Å². The van der Waals surface area contributed by atoms with Gasteiger partial charge in [-0.3, -0.25) is 0 Å². The first kappa shape index (κ1) is 18.6. The lowest BCUT2D eigenvalue weighted by Gasteiger charge is -2.37. The summed E-state index contributed by atoms with van der Waals surface area (Å²) >= 11 is 0. The zero-order valence-corrected chi connectivity index (χ0v) is 13.9. The van der Waals surface area contributed by atoms with Gasteiger partial charge >= 0.3 is 12.3 Å². The molecule has 1 aliphatic rings. The number of aliphatic hydroxyl groups is 1. The van der Waals surface area contributed by atoms with E-state index in [2.05, 4.69) is 0 Å². The smallest absolute Gasteiger partial charge is 0.416 e. The zero-order valence-electron chi connectivity index (χ0n) is 13.9. The molecule has 0 radical (unpaired) electrons. The molecule has 1 amide bonds. The van der Waals surface area contributed by atoms with E-state index in [4.69, 9.17) is 4.74 Å². The molecule has 1 aliphatic heterocycles. The van der Waals surface area contributed by atoms with Gasteiger partial charge in [0.05, 0.1) is 18.2 Å². The molecule has 1 aromatic rings. The molecule has 7 heteroatoms. The molecule has 0 spiro atoms. The maximum absolute atomic E-state index is 12.8. The Morgan fingerprint density at radius 2 is 1.96 bits per heavy atom. The van der Waals surface area contributed by atoms with E-state index in [9.17, 15) is 23.1 Å². The maximum Gasteiger partial charge on any atom is 0.416 e. The van der Waals surface area contributed by atoms with Gasteiger partial charge in [0, 0.05) is 12.5 Å². The standard InChI is InChI=1S/C17H22F3NO3/c1-16(2,3)24-15(23)21-8-7-13(14(22)10-21)11-5-4-6-12(9-11)17(18,19)20/h4-6,9,13-14,22H,7-8,10H2,1-3H3/t13-,14+/m1/s1. The predicted molar refractivity (Wildman–Crippen MR) is 82.6 cm³/mol. The third kappa shape index (κ3) is 4.63. The predicted octanol–water partition coefficient (Wildman–Crippen LogP) is 3.79. The average Bonchev–Trinajstić information content (AvgIpc) is 2.44. The number of halogens is 3. The van der Waals surface area contributed by atoms with Crippen molar-refractivity contribution in [3.8, 4) is 0 Å². The molecule has 1 N–H and O–H groups in total. The Balaban J connectivity index is 2.08. The van der Waals surface area contributed by atoms with Crippen LogP contribution in [0.5, 0.6) is 0 Å². The van der Waals surface area contributed by atoms with Crippen LogP contribution in [0.1, 0.15) is 44.2 Å². The zero-order chi connectivity index (χ0) is 18.1. The fourth-order valence-corrected chi connectivity index (χ4v) is 2.76. The minimum atomic E-state index is -4.42. The molecule has 0 aromatic heterocycles. The van der Waals surface area contributed by atoms with Crippen LogP contribution in [0.3, 0.4) is 0 Å². The van der Waals surface area contributed by atoms with Gasteiger partial charge < -0.3 is 14.7 Å². The third-order valence-corrected chi connectivity index (χ3v) is 3.88. The molecule has 1 fully saturated rings. The van der Waals surface area contributed by atoms with E-state index >= 15 is 0 Å². The number of likely N-dealkylation sites (tertiary alicyclic amines) is 1. The second-order valence-electron chi connectivity index (χ2n) is 7.01. The number of ether oxygens (including phenoxy) is 1. The summed E-state index contributed by atoms with van der Waals surface area (Å²) in [5.74, 6) is -0.439. The van der Waals surface area contributed by atoms with Gasteiger partial charge in [-0.25, -0.2) is 4.79 Å². The largest absolute Gasteiger partial charge is 0.444 e. The van der Waals surface area contributed by atoms with Crippen molar-refractivity contribution in [2.45, 2.75) is 51.0 Å². The van der Waals surface area contributed by atoms with Crippen LogP contribution in [-0.2, 0) is 10.9 Å². The second kappa shape index (κ2) is 6.63. The number of β-amino-alcohol motifs (C(OH)–C–C–N with tert-alkyl or cyclic N) is 1. The molecular weight excluding hydrogens is 323 g/mol. The van der Waals surface area contributed by atoms with Gasteiger partial charge in [-0.1, -0.05) is 18.2 Å². The molecular formula is C17H22F3NO3. The third-order valence-electron chi connectivity index (χ3n) is 3.88. The normalized spacial score (nSPS) is 22.4. The van der Waals surface area contributed by atoms with Crippen LogP contribution in [0.2, 0.25) is 0 Å². The number of piperidine rings is 1. The van der Waals surface area contributed by atoms with Crippen molar-refractivity contribution < 1.29 is 27.8 Å². The molecule has 1 saturated heterocycles. The van der Waals surface area contributed by atoms with E-state index in [1.807, 2.05) is 0 Å². The lowest BCUT2D eigenvalue weighted by Crippen LogP contribution is -2.47. The van der Waals surface area contributed by atoms with Crippen molar-refractivity contribution in [1.29, 1.82) is 0 Å². The first-order chi connectivity index (χ1) is 11.0. The van der Waals surface area contributed by atoms with Crippen molar-refractivity contribution in [3.05, 3.63) is 35.4 Å². The summed E-state index contributed by atoms with van der Waals surface area (Å²) in [6, 6.07) is 4.99. The molecule has 4 nitrogen and oxygen atoms in total. The van der Waals surface area contributed by atoms with E-state index in [-0.39, 0.29) is 6.54 Å². The van der Waals surface area contributed by atoms with Gasteiger partial charge in [0.2, 0.25) is 0 Å². The Kier molecular flexibility index (Phi) is 5.13. The Labute approximate surface area is 139 Å². The molecule has 1 heterocycles. The summed E-state index contributed by atoms with van der Waals surface area (Å²) < 4.78 is 43.7. The van der Waals surface area contributed by atoms with Crippen molar-refractivity contribution in [3.63, 3.8) is 0 Å². The summed E-state index contributed by atoms with van der Waals surface area (Å²) in [7, 11) is 0. The number of hydrogen-bond donors (Lipinski definition) is 1. The van der Waals surface area contributed by atoms with Crippen LogP contribution < -0.4 is 0 Å². The number of alkyl halides is 3. The van der Waals surface area contributed by atoms with Crippen LogP contribution >= 0.6 is 0 Å². The van der Waals surface area contributed by atoms with E-state index in [0.717, 1.165) is 12.1 Å². The van der Waals surface area contributed by atoms with Gasteiger partial charge in [-0.05, 0) is 38.8 Å². The Hall–Kier alpha value is -1.76. The van der Waals surface area contributed by atoms with Crippen LogP contribution in [0, 0.1) is 0 Å². The SMILES string of the molecule is CC(C)(C)OC(=O)N1CC[C@H](c2cccc(C(F)(F)F)c2)[C@@H](O)C1. The monoisotopic (exact) mass is 345 g/mol. The summed E-state index contributed by atoms with van der Waals surface area (Å²) in [4.78, 5) is 13.4. The van der Waals surface area contributed by atoms with Crippen molar-refractivity contribution in [2.24, 2.45) is 0 Å².